The van der Waals surface area contributed by atoms with Gasteiger partial charge in [0.1, 0.15) is 11.5 Å². The van der Waals surface area contributed by atoms with E-state index in [2.05, 4.69) is 15.4 Å². The van der Waals surface area contributed by atoms with Crippen LogP contribution in [0.2, 0.25) is 0 Å². The van der Waals surface area contributed by atoms with E-state index in [-0.39, 0.29) is 24.3 Å². The Morgan fingerprint density at radius 2 is 2.00 bits per heavy atom. The summed E-state index contributed by atoms with van der Waals surface area (Å²) in [6.07, 6.45) is 3.12. The average molecular weight is 401 g/mol. The number of H-pyrrole nitrogens is 1. The minimum atomic E-state index is -0.101. The van der Waals surface area contributed by atoms with Crippen molar-refractivity contribution in [3.8, 4) is 0 Å². The van der Waals surface area contributed by atoms with Crippen LogP contribution < -0.4 is 0 Å². The van der Waals surface area contributed by atoms with Crippen LogP contribution in [0.3, 0.4) is 0 Å². The minimum absolute atomic E-state index is 0.0414. The number of ether oxygens (including phenoxy) is 1. The molecule has 0 radical (unpaired) electrons. The molecule has 0 unspecified atom stereocenters. The lowest BCUT2D eigenvalue weighted by Crippen LogP contribution is -2.41. The molecule has 0 aromatic carbocycles. The summed E-state index contributed by atoms with van der Waals surface area (Å²) in [5, 5.41) is 11.2. The fraction of sp³-hybridized carbons (Fsp3) is 0.600. The van der Waals surface area contributed by atoms with E-state index in [9.17, 15) is 9.59 Å². The molecule has 9 heteroatoms. The second-order valence-electron chi connectivity index (χ2n) is 7.69. The number of piperidine rings is 1. The SMILES string of the molecule is Cc1noc(C)c1CC(=O)N1CCCC[C@H]1c1cc(C(=O)N2CCOCC2)n[nH]1. The minimum Gasteiger partial charge on any atom is -0.378 e. The first-order valence-electron chi connectivity index (χ1n) is 10.2. The number of hydrogen-bond acceptors (Lipinski definition) is 6. The summed E-state index contributed by atoms with van der Waals surface area (Å²) < 4.78 is 10.5. The predicted molar refractivity (Wildman–Crippen MR) is 103 cm³/mol. The lowest BCUT2D eigenvalue weighted by molar-refractivity contribution is -0.134. The molecule has 0 bridgehead atoms. The topological polar surface area (TPSA) is 105 Å². The normalized spacial score (nSPS) is 20.1. The zero-order valence-electron chi connectivity index (χ0n) is 16.9. The molecule has 4 rings (SSSR count). The monoisotopic (exact) mass is 401 g/mol. The highest BCUT2D eigenvalue weighted by Gasteiger charge is 2.31. The number of carbonyl (C=O) groups excluding carboxylic acids is 2. The summed E-state index contributed by atoms with van der Waals surface area (Å²) in [6.45, 7) is 6.63. The number of aryl methyl sites for hydroxylation is 2. The summed E-state index contributed by atoms with van der Waals surface area (Å²) in [5.74, 6) is 0.629. The number of morpholine rings is 1. The van der Waals surface area contributed by atoms with Gasteiger partial charge in [0.2, 0.25) is 5.91 Å². The molecule has 4 heterocycles. The predicted octanol–water partition coefficient (Wildman–Crippen LogP) is 1.78. The van der Waals surface area contributed by atoms with E-state index < -0.39 is 0 Å². The molecule has 1 atom stereocenters. The summed E-state index contributed by atoms with van der Waals surface area (Å²) in [7, 11) is 0. The van der Waals surface area contributed by atoms with Crippen LogP contribution in [0, 0.1) is 13.8 Å². The number of hydrogen-bond donors (Lipinski definition) is 1. The first-order chi connectivity index (χ1) is 14.0. The lowest BCUT2D eigenvalue weighted by Gasteiger charge is -2.35. The Hall–Kier alpha value is -2.68. The molecular formula is C20H27N5O4. The van der Waals surface area contributed by atoms with Crippen molar-refractivity contribution < 1.29 is 18.8 Å². The summed E-state index contributed by atoms with van der Waals surface area (Å²) >= 11 is 0. The standard InChI is InChI=1S/C20H27N5O4/c1-13-15(14(2)29-23-13)11-19(26)25-6-4-3-5-18(25)16-12-17(22-21-16)20(27)24-7-9-28-10-8-24/h12,18H,3-11H2,1-2H3,(H,21,22)/t18-/m0/s1. The summed E-state index contributed by atoms with van der Waals surface area (Å²) in [4.78, 5) is 29.4. The van der Waals surface area contributed by atoms with Gasteiger partial charge < -0.3 is 19.1 Å². The van der Waals surface area contributed by atoms with Gasteiger partial charge in [-0.15, -0.1) is 0 Å². The van der Waals surface area contributed by atoms with E-state index >= 15 is 0 Å². The number of rotatable bonds is 4. The Kier molecular flexibility index (Phi) is 5.66. The smallest absolute Gasteiger partial charge is 0.274 e. The lowest BCUT2D eigenvalue weighted by atomic mass is 9.97. The third-order valence-corrected chi connectivity index (χ3v) is 5.81. The van der Waals surface area contributed by atoms with Gasteiger partial charge in [-0.25, -0.2) is 0 Å². The highest BCUT2D eigenvalue weighted by atomic mass is 16.5. The number of nitrogens with zero attached hydrogens (tertiary/aromatic N) is 4. The maximum absolute atomic E-state index is 13.1. The second kappa shape index (κ2) is 8.36. The van der Waals surface area contributed by atoms with Crippen LogP contribution in [0.25, 0.3) is 0 Å². The number of amides is 2. The molecule has 0 spiro atoms. The van der Waals surface area contributed by atoms with Gasteiger partial charge in [0.15, 0.2) is 0 Å². The van der Waals surface area contributed by atoms with Gasteiger partial charge >= 0.3 is 0 Å². The van der Waals surface area contributed by atoms with Crippen molar-refractivity contribution in [3.63, 3.8) is 0 Å². The van der Waals surface area contributed by atoms with Gasteiger partial charge in [-0.2, -0.15) is 5.10 Å². The number of likely N-dealkylation sites (tertiary alicyclic amines) is 1. The van der Waals surface area contributed by atoms with E-state index in [0.29, 0.717) is 44.3 Å². The molecule has 9 nitrogen and oxygen atoms in total. The molecular weight excluding hydrogens is 374 g/mol. The van der Waals surface area contributed by atoms with E-state index in [0.717, 1.165) is 36.2 Å². The van der Waals surface area contributed by atoms with E-state index in [4.69, 9.17) is 9.26 Å². The van der Waals surface area contributed by atoms with Crippen molar-refractivity contribution in [2.75, 3.05) is 32.8 Å². The van der Waals surface area contributed by atoms with Crippen LogP contribution in [-0.2, 0) is 16.0 Å². The number of carbonyl (C=O) groups is 2. The third kappa shape index (κ3) is 4.05. The molecule has 29 heavy (non-hydrogen) atoms. The van der Waals surface area contributed by atoms with Crippen molar-refractivity contribution in [2.24, 2.45) is 0 Å². The first-order valence-corrected chi connectivity index (χ1v) is 10.2. The zero-order valence-corrected chi connectivity index (χ0v) is 16.9. The molecule has 2 aromatic rings. The van der Waals surface area contributed by atoms with Crippen LogP contribution in [0.5, 0.6) is 0 Å². The maximum Gasteiger partial charge on any atom is 0.274 e. The van der Waals surface area contributed by atoms with Gasteiger partial charge in [-0.05, 0) is 39.2 Å². The third-order valence-electron chi connectivity index (χ3n) is 5.81. The largest absolute Gasteiger partial charge is 0.378 e. The van der Waals surface area contributed by atoms with Crippen LogP contribution in [0.15, 0.2) is 10.6 Å². The molecule has 156 valence electrons. The molecule has 2 amide bonds. The van der Waals surface area contributed by atoms with Crippen molar-refractivity contribution in [3.05, 3.63) is 34.5 Å². The van der Waals surface area contributed by atoms with Gasteiger partial charge in [0.05, 0.1) is 37.1 Å². The average Bonchev–Trinajstić information content (AvgIpc) is 3.36. The molecule has 2 aliphatic rings. The molecule has 1 N–H and O–H groups in total. The fourth-order valence-electron chi connectivity index (χ4n) is 4.11. The van der Waals surface area contributed by atoms with E-state index in [1.54, 1.807) is 11.0 Å². The van der Waals surface area contributed by atoms with E-state index in [1.807, 2.05) is 18.7 Å². The fourth-order valence-corrected chi connectivity index (χ4v) is 4.11. The highest BCUT2D eigenvalue weighted by Crippen LogP contribution is 2.31. The van der Waals surface area contributed by atoms with Gasteiger partial charge in [-0.1, -0.05) is 5.16 Å². The number of aromatic amines is 1. The van der Waals surface area contributed by atoms with E-state index in [1.165, 1.54) is 0 Å². The van der Waals surface area contributed by atoms with Gasteiger partial charge in [0.25, 0.3) is 5.91 Å². The van der Waals surface area contributed by atoms with Crippen LogP contribution in [-0.4, -0.2) is 69.8 Å². The number of aromatic nitrogens is 3. The summed E-state index contributed by atoms with van der Waals surface area (Å²) in [5.41, 5.74) is 2.82. The molecule has 2 aromatic heterocycles. The van der Waals surface area contributed by atoms with Crippen molar-refractivity contribution in [2.45, 2.75) is 45.6 Å². The Morgan fingerprint density at radius 1 is 1.21 bits per heavy atom. The molecule has 0 saturated carbocycles. The van der Waals surface area contributed by atoms with Crippen LogP contribution >= 0.6 is 0 Å². The maximum atomic E-state index is 13.1. The van der Waals surface area contributed by atoms with Gasteiger partial charge in [0, 0.05) is 25.2 Å². The Balaban J connectivity index is 1.49. The van der Waals surface area contributed by atoms with Gasteiger partial charge in [-0.3, -0.25) is 14.7 Å². The van der Waals surface area contributed by atoms with Crippen LogP contribution in [0.1, 0.15) is 58.5 Å². The molecule has 2 aliphatic heterocycles. The summed E-state index contributed by atoms with van der Waals surface area (Å²) in [6, 6.07) is 1.69. The molecule has 0 aliphatic carbocycles. The molecule has 2 fully saturated rings. The quantitative estimate of drug-likeness (QED) is 0.837. The Bertz CT molecular complexity index is 864. The van der Waals surface area contributed by atoms with Crippen molar-refractivity contribution in [1.82, 2.24) is 25.2 Å². The van der Waals surface area contributed by atoms with Crippen molar-refractivity contribution >= 4 is 11.8 Å². The number of nitrogens with one attached hydrogen (secondary N) is 1. The second-order valence-corrected chi connectivity index (χ2v) is 7.69. The Morgan fingerprint density at radius 3 is 2.72 bits per heavy atom. The molecule has 2 saturated heterocycles. The highest BCUT2D eigenvalue weighted by molar-refractivity contribution is 5.92. The van der Waals surface area contributed by atoms with Crippen LogP contribution in [0.4, 0.5) is 0 Å². The first kappa shape index (κ1) is 19.6. The van der Waals surface area contributed by atoms with Crippen molar-refractivity contribution in [1.29, 1.82) is 0 Å². The Labute approximate surface area is 169 Å². The zero-order chi connectivity index (χ0) is 20.4.